The van der Waals surface area contributed by atoms with Gasteiger partial charge in [0.15, 0.2) is 0 Å². The van der Waals surface area contributed by atoms with E-state index in [2.05, 4.69) is 38.2 Å². The fourth-order valence-corrected chi connectivity index (χ4v) is 3.36. The Hall–Kier alpha value is -1.40. The Kier molecular flexibility index (Phi) is 3.06. The van der Waals surface area contributed by atoms with Crippen molar-refractivity contribution in [2.24, 2.45) is 0 Å². The number of nitrogens with two attached hydrogens (primary N) is 1. The number of thiazole rings is 1. The van der Waals surface area contributed by atoms with Crippen LogP contribution in [0, 0.1) is 6.92 Å². The van der Waals surface area contributed by atoms with Gasteiger partial charge in [-0.1, -0.05) is 15.9 Å². The van der Waals surface area contributed by atoms with E-state index in [9.17, 15) is 0 Å². The maximum atomic E-state index is 6.06. The molecule has 1 unspecified atom stereocenters. The molecule has 0 fully saturated rings. The number of halogens is 1. The number of benzene rings is 1. The number of hydrogen-bond acceptors (Lipinski definition) is 4. The van der Waals surface area contributed by atoms with Crippen LogP contribution < -0.4 is 5.73 Å². The van der Waals surface area contributed by atoms with Gasteiger partial charge in [-0.3, -0.25) is 0 Å². The zero-order valence-electron chi connectivity index (χ0n) is 10.6. The minimum absolute atomic E-state index is 0.0878. The summed E-state index contributed by atoms with van der Waals surface area (Å²) in [7, 11) is 0. The Labute approximate surface area is 123 Å². The molecule has 2 N–H and O–H groups in total. The molecule has 0 aliphatic heterocycles. The van der Waals surface area contributed by atoms with E-state index < -0.39 is 0 Å². The van der Waals surface area contributed by atoms with Crippen LogP contribution in [0.25, 0.3) is 11.0 Å². The molecule has 6 heteroatoms. The smallest absolute Gasteiger partial charge is 0.201 e. The number of anilines is 1. The molecule has 3 rings (SSSR count). The van der Waals surface area contributed by atoms with Gasteiger partial charge in [-0.05, 0) is 32.0 Å². The van der Waals surface area contributed by atoms with Gasteiger partial charge in [-0.15, -0.1) is 11.3 Å². The van der Waals surface area contributed by atoms with Crippen molar-refractivity contribution in [2.45, 2.75) is 19.9 Å². The highest BCUT2D eigenvalue weighted by molar-refractivity contribution is 9.10. The van der Waals surface area contributed by atoms with Gasteiger partial charge in [0.2, 0.25) is 5.95 Å². The molecule has 2 heterocycles. The number of fused-ring (bicyclic) bond motifs is 1. The maximum absolute atomic E-state index is 6.06. The first kappa shape index (κ1) is 12.6. The highest BCUT2D eigenvalue weighted by Gasteiger charge is 2.18. The molecular formula is C13H13BrN4S. The topological polar surface area (TPSA) is 56.7 Å². The van der Waals surface area contributed by atoms with Crippen LogP contribution in [-0.4, -0.2) is 14.5 Å². The lowest BCUT2D eigenvalue weighted by molar-refractivity contribution is 0.661. The van der Waals surface area contributed by atoms with Crippen molar-refractivity contribution in [3.63, 3.8) is 0 Å². The molecule has 2 aromatic heterocycles. The van der Waals surface area contributed by atoms with E-state index in [1.165, 1.54) is 0 Å². The van der Waals surface area contributed by atoms with Crippen molar-refractivity contribution in [3.8, 4) is 0 Å². The molecule has 0 saturated carbocycles. The number of hydrogen-bond donors (Lipinski definition) is 1. The Morgan fingerprint density at radius 1 is 1.37 bits per heavy atom. The van der Waals surface area contributed by atoms with Crippen molar-refractivity contribution < 1.29 is 0 Å². The molecule has 4 nitrogen and oxygen atoms in total. The third-order valence-corrected chi connectivity index (χ3v) is 4.69. The number of imidazole rings is 1. The van der Waals surface area contributed by atoms with Gasteiger partial charge in [0.1, 0.15) is 5.01 Å². The lowest BCUT2D eigenvalue weighted by atomic mass is 10.3. The van der Waals surface area contributed by atoms with Gasteiger partial charge < -0.3 is 10.3 Å². The maximum Gasteiger partial charge on any atom is 0.201 e. The van der Waals surface area contributed by atoms with Crippen molar-refractivity contribution in [3.05, 3.63) is 38.8 Å². The molecule has 0 bridgehead atoms. The summed E-state index contributed by atoms with van der Waals surface area (Å²) < 4.78 is 3.03. The molecule has 0 radical (unpaired) electrons. The zero-order valence-corrected chi connectivity index (χ0v) is 13.0. The minimum atomic E-state index is 0.0878. The fourth-order valence-electron chi connectivity index (χ4n) is 2.17. The van der Waals surface area contributed by atoms with E-state index in [1.807, 2.05) is 29.7 Å². The minimum Gasteiger partial charge on any atom is -0.369 e. The second-order valence-electron chi connectivity index (χ2n) is 4.48. The Bertz CT molecular complexity index is 746. The highest BCUT2D eigenvalue weighted by atomic mass is 79.9. The van der Waals surface area contributed by atoms with E-state index in [4.69, 9.17) is 5.73 Å². The molecule has 0 aliphatic rings. The average molecular weight is 337 g/mol. The van der Waals surface area contributed by atoms with Crippen LogP contribution in [-0.2, 0) is 0 Å². The zero-order chi connectivity index (χ0) is 13.6. The number of nitrogen functional groups attached to an aromatic ring is 1. The second kappa shape index (κ2) is 4.61. The molecule has 98 valence electrons. The first-order chi connectivity index (χ1) is 9.06. The summed E-state index contributed by atoms with van der Waals surface area (Å²) in [5.74, 6) is 0.522. The van der Waals surface area contributed by atoms with Gasteiger partial charge in [0.25, 0.3) is 0 Å². The first-order valence-corrected chi connectivity index (χ1v) is 7.58. The Morgan fingerprint density at radius 2 is 2.16 bits per heavy atom. The van der Waals surface area contributed by atoms with Crippen molar-refractivity contribution in [2.75, 3.05) is 5.73 Å². The van der Waals surface area contributed by atoms with Crippen molar-refractivity contribution in [1.29, 1.82) is 0 Å². The van der Waals surface area contributed by atoms with Crippen molar-refractivity contribution in [1.82, 2.24) is 14.5 Å². The molecule has 0 saturated heterocycles. The lowest BCUT2D eigenvalue weighted by Gasteiger charge is -2.13. The predicted octanol–water partition coefficient (Wildman–Crippen LogP) is 3.76. The van der Waals surface area contributed by atoms with E-state index in [0.717, 1.165) is 26.2 Å². The summed E-state index contributed by atoms with van der Waals surface area (Å²) >= 11 is 5.10. The molecule has 0 amide bonds. The van der Waals surface area contributed by atoms with Crippen LogP contribution in [0.15, 0.2) is 28.1 Å². The number of nitrogens with zero attached hydrogens (tertiary/aromatic N) is 3. The summed E-state index contributed by atoms with van der Waals surface area (Å²) in [6.45, 7) is 4.09. The van der Waals surface area contributed by atoms with Gasteiger partial charge in [0, 0.05) is 15.5 Å². The van der Waals surface area contributed by atoms with Crippen LogP contribution in [0.4, 0.5) is 5.95 Å². The molecular weight excluding hydrogens is 324 g/mol. The monoisotopic (exact) mass is 336 g/mol. The van der Waals surface area contributed by atoms with Gasteiger partial charge in [-0.2, -0.15) is 0 Å². The van der Waals surface area contributed by atoms with E-state index in [-0.39, 0.29) is 6.04 Å². The molecule has 0 aliphatic carbocycles. The fraction of sp³-hybridized carbons (Fsp3) is 0.231. The molecule has 1 aromatic carbocycles. The summed E-state index contributed by atoms with van der Waals surface area (Å²) in [5.41, 5.74) is 9.03. The number of aryl methyl sites for hydroxylation is 1. The van der Waals surface area contributed by atoms with E-state index >= 15 is 0 Å². The third-order valence-electron chi connectivity index (χ3n) is 3.06. The van der Waals surface area contributed by atoms with Crippen LogP contribution in [0.5, 0.6) is 0 Å². The van der Waals surface area contributed by atoms with Gasteiger partial charge in [-0.25, -0.2) is 9.97 Å². The highest BCUT2D eigenvalue weighted by Crippen LogP contribution is 2.30. The summed E-state index contributed by atoms with van der Waals surface area (Å²) in [6, 6.07) is 6.09. The Balaban J connectivity index is 2.16. The molecule has 19 heavy (non-hydrogen) atoms. The standard InChI is InChI=1S/C13H13BrN4S/c1-7-6-19-12(16-7)8(2)18-11-4-3-9(14)5-10(11)17-13(18)15/h3-6,8H,1-2H3,(H2,15,17). The van der Waals surface area contributed by atoms with Gasteiger partial charge in [0.05, 0.1) is 17.1 Å². The second-order valence-corrected chi connectivity index (χ2v) is 6.28. The quantitative estimate of drug-likeness (QED) is 0.775. The normalized spacial score (nSPS) is 13.0. The van der Waals surface area contributed by atoms with Gasteiger partial charge >= 0.3 is 0 Å². The molecule has 0 spiro atoms. The number of aromatic nitrogens is 3. The summed E-state index contributed by atoms with van der Waals surface area (Å²) in [4.78, 5) is 8.95. The van der Waals surface area contributed by atoms with Crippen LogP contribution in [0.3, 0.4) is 0 Å². The van der Waals surface area contributed by atoms with Crippen molar-refractivity contribution >= 4 is 44.2 Å². The average Bonchev–Trinajstić information content (AvgIpc) is 2.91. The predicted molar refractivity (Wildman–Crippen MR) is 82.5 cm³/mol. The first-order valence-electron chi connectivity index (χ1n) is 5.91. The van der Waals surface area contributed by atoms with E-state index in [0.29, 0.717) is 5.95 Å². The van der Waals surface area contributed by atoms with E-state index in [1.54, 1.807) is 11.3 Å². The van der Waals surface area contributed by atoms with Crippen LogP contribution in [0.1, 0.15) is 23.7 Å². The van der Waals surface area contributed by atoms with Crippen LogP contribution >= 0.6 is 27.3 Å². The third kappa shape index (κ3) is 2.15. The summed E-state index contributed by atoms with van der Waals surface area (Å²) in [6.07, 6.45) is 0. The van der Waals surface area contributed by atoms with Crippen LogP contribution in [0.2, 0.25) is 0 Å². The molecule has 1 atom stereocenters. The lowest BCUT2D eigenvalue weighted by Crippen LogP contribution is -2.09. The Morgan fingerprint density at radius 3 is 2.84 bits per heavy atom. The number of rotatable bonds is 2. The summed E-state index contributed by atoms with van der Waals surface area (Å²) in [5, 5.41) is 3.10. The largest absolute Gasteiger partial charge is 0.369 e. The molecule has 3 aromatic rings. The SMILES string of the molecule is Cc1csc(C(C)n2c(N)nc3cc(Br)ccc32)n1.